The summed E-state index contributed by atoms with van der Waals surface area (Å²) in [6, 6.07) is 13.7. The summed E-state index contributed by atoms with van der Waals surface area (Å²) in [4.78, 5) is 2.32. The maximum absolute atomic E-state index is 10.4. The number of β-amino-alcohol motifs (C(OH)–C–C–N with tert-alkyl or cyclic N) is 1. The van der Waals surface area contributed by atoms with Crippen LogP contribution in [0.3, 0.4) is 0 Å². The van der Waals surface area contributed by atoms with Crippen LogP contribution in [0.15, 0.2) is 42.5 Å². The van der Waals surface area contributed by atoms with Gasteiger partial charge in [-0.2, -0.15) is 11.8 Å². The number of benzene rings is 2. The number of hydrogen-bond donors (Lipinski definition) is 2. The Hall–Kier alpha value is -1.15. The molecule has 0 bridgehead atoms. The number of rotatable bonds is 11. The highest BCUT2D eigenvalue weighted by atomic mass is 35.5. The van der Waals surface area contributed by atoms with Gasteiger partial charge in [-0.1, -0.05) is 43.6 Å². The lowest BCUT2D eigenvalue weighted by molar-refractivity contribution is 0.0708. The average molecular weight is 529 g/mol. The Morgan fingerprint density at radius 2 is 1.68 bits per heavy atom. The summed E-state index contributed by atoms with van der Waals surface area (Å²) in [6.07, 6.45) is -0.0649. The second-order valence-corrected chi connectivity index (χ2v) is 11.1. The van der Waals surface area contributed by atoms with Gasteiger partial charge in [0.15, 0.2) is 0 Å². The Kier molecular flexibility index (Phi) is 10.7. The van der Waals surface area contributed by atoms with Crippen LogP contribution in [0.2, 0.25) is 5.02 Å². The van der Waals surface area contributed by atoms with Gasteiger partial charge in [0.1, 0.15) is 36.9 Å². The summed E-state index contributed by atoms with van der Waals surface area (Å²) in [6.45, 7) is 7.36. The topological polar surface area (TPSA) is 62.2 Å². The highest BCUT2D eigenvalue weighted by Crippen LogP contribution is 2.36. The molecule has 0 spiro atoms. The summed E-state index contributed by atoms with van der Waals surface area (Å²) in [5.74, 6) is 3.70. The molecule has 0 amide bonds. The van der Waals surface area contributed by atoms with E-state index < -0.39 is 12.2 Å². The molecular formula is C26H35Cl2NO4S. The SMILES string of the molecule is CC(C)(c1ccc(OC[C@@H](O)CN2CCCSCC2)cc1)c1ccc(OC[C@@H](O)CCl)c(Cl)c1. The van der Waals surface area contributed by atoms with Crippen LogP contribution in [0.25, 0.3) is 0 Å². The first kappa shape index (κ1) is 27.4. The Bertz CT molecular complexity index is 889. The van der Waals surface area contributed by atoms with Gasteiger partial charge in [-0.15, -0.1) is 11.6 Å². The maximum Gasteiger partial charge on any atom is 0.138 e. The van der Waals surface area contributed by atoms with E-state index in [1.165, 1.54) is 12.2 Å². The van der Waals surface area contributed by atoms with E-state index in [9.17, 15) is 10.2 Å². The first-order chi connectivity index (χ1) is 16.3. The average Bonchev–Trinajstić information content (AvgIpc) is 3.10. The number of aliphatic hydroxyl groups is 2. The van der Waals surface area contributed by atoms with Crippen molar-refractivity contribution in [1.29, 1.82) is 0 Å². The molecule has 3 rings (SSSR count). The molecule has 0 saturated carbocycles. The molecular weight excluding hydrogens is 493 g/mol. The molecule has 34 heavy (non-hydrogen) atoms. The van der Waals surface area contributed by atoms with E-state index in [-0.39, 0.29) is 24.5 Å². The Morgan fingerprint density at radius 1 is 0.971 bits per heavy atom. The minimum absolute atomic E-state index is 0.0964. The lowest BCUT2D eigenvalue weighted by Gasteiger charge is -2.27. The van der Waals surface area contributed by atoms with Gasteiger partial charge in [-0.3, -0.25) is 4.90 Å². The molecule has 0 radical (unpaired) electrons. The summed E-state index contributed by atoms with van der Waals surface area (Å²) in [7, 11) is 0. The third-order valence-corrected chi connectivity index (χ3v) is 7.77. The first-order valence-electron chi connectivity index (χ1n) is 11.7. The number of thioether (sulfide) groups is 1. The highest BCUT2D eigenvalue weighted by Gasteiger charge is 2.24. The molecule has 8 heteroatoms. The molecule has 0 aromatic heterocycles. The second kappa shape index (κ2) is 13.2. The minimum Gasteiger partial charge on any atom is -0.491 e. The van der Waals surface area contributed by atoms with E-state index >= 15 is 0 Å². The summed E-state index contributed by atoms with van der Waals surface area (Å²) in [5.41, 5.74) is 1.87. The molecule has 2 aromatic rings. The van der Waals surface area contributed by atoms with E-state index in [4.69, 9.17) is 32.7 Å². The molecule has 0 aliphatic carbocycles. The fourth-order valence-electron chi connectivity index (χ4n) is 3.90. The third kappa shape index (κ3) is 7.94. The van der Waals surface area contributed by atoms with Crippen LogP contribution in [-0.4, -0.2) is 77.6 Å². The molecule has 2 atom stereocenters. The Labute approximate surface area is 217 Å². The molecule has 1 aliphatic rings. The fourth-order valence-corrected chi connectivity index (χ4v) is 5.14. The molecule has 5 nitrogen and oxygen atoms in total. The second-order valence-electron chi connectivity index (χ2n) is 9.15. The van der Waals surface area contributed by atoms with E-state index in [2.05, 4.69) is 18.7 Å². The van der Waals surface area contributed by atoms with Crippen molar-refractivity contribution in [2.75, 3.05) is 50.2 Å². The van der Waals surface area contributed by atoms with Crippen LogP contribution in [0, 0.1) is 0 Å². The van der Waals surface area contributed by atoms with Crippen molar-refractivity contribution in [1.82, 2.24) is 4.90 Å². The predicted molar refractivity (Wildman–Crippen MR) is 142 cm³/mol. The van der Waals surface area contributed by atoms with Gasteiger partial charge >= 0.3 is 0 Å². The number of halogens is 2. The van der Waals surface area contributed by atoms with E-state index in [0.717, 1.165) is 35.7 Å². The van der Waals surface area contributed by atoms with Crippen LogP contribution >= 0.6 is 35.0 Å². The number of aliphatic hydroxyl groups excluding tert-OH is 2. The predicted octanol–water partition coefficient (Wildman–Crippen LogP) is 4.82. The van der Waals surface area contributed by atoms with Crippen molar-refractivity contribution in [3.8, 4) is 11.5 Å². The highest BCUT2D eigenvalue weighted by molar-refractivity contribution is 7.99. The van der Waals surface area contributed by atoms with Gasteiger partial charge in [0.2, 0.25) is 0 Å². The van der Waals surface area contributed by atoms with Crippen LogP contribution in [0.5, 0.6) is 11.5 Å². The lowest BCUT2D eigenvalue weighted by atomic mass is 9.78. The summed E-state index contributed by atoms with van der Waals surface area (Å²) < 4.78 is 11.4. The summed E-state index contributed by atoms with van der Waals surface area (Å²) in [5, 5.41) is 20.5. The van der Waals surface area contributed by atoms with Gasteiger partial charge < -0.3 is 19.7 Å². The smallest absolute Gasteiger partial charge is 0.138 e. The molecule has 1 heterocycles. The monoisotopic (exact) mass is 527 g/mol. The zero-order chi connectivity index (χ0) is 24.6. The number of ether oxygens (including phenoxy) is 2. The molecule has 188 valence electrons. The van der Waals surface area contributed by atoms with E-state index in [0.29, 0.717) is 17.3 Å². The van der Waals surface area contributed by atoms with Gasteiger partial charge in [0.05, 0.1) is 10.9 Å². The van der Waals surface area contributed by atoms with Gasteiger partial charge in [-0.05, 0) is 54.1 Å². The van der Waals surface area contributed by atoms with Crippen molar-refractivity contribution in [3.63, 3.8) is 0 Å². The molecule has 1 saturated heterocycles. The van der Waals surface area contributed by atoms with Crippen LogP contribution in [-0.2, 0) is 5.41 Å². The van der Waals surface area contributed by atoms with Crippen molar-refractivity contribution in [2.45, 2.75) is 37.9 Å². The summed E-state index contributed by atoms with van der Waals surface area (Å²) >= 11 is 14.0. The minimum atomic E-state index is -0.732. The van der Waals surface area contributed by atoms with Crippen LogP contribution in [0.4, 0.5) is 0 Å². The van der Waals surface area contributed by atoms with Gasteiger partial charge in [0, 0.05) is 24.3 Å². The Morgan fingerprint density at radius 3 is 2.38 bits per heavy atom. The Balaban J connectivity index is 1.56. The molecule has 0 unspecified atom stereocenters. The third-order valence-electron chi connectivity index (χ3n) is 6.07. The largest absolute Gasteiger partial charge is 0.491 e. The van der Waals surface area contributed by atoms with Crippen molar-refractivity contribution in [2.24, 2.45) is 0 Å². The molecule has 1 aliphatic heterocycles. The van der Waals surface area contributed by atoms with Crippen molar-refractivity contribution >= 4 is 35.0 Å². The molecule has 1 fully saturated rings. The zero-order valence-corrected chi connectivity index (χ0v) is 22.2. The van der Waals surface area contributed by atoms with Crippen molar-refractivity contribution in [3.05, 3.63) is 58.6 Å². The standard InChI is InChI=1S/C26H35Cl2NO4S/c1-26(2,20-6-9-25(24(28)14-20)33-17-21(30)15-27)19-4-7-23(8-5-19)32-18-22(31)16-29-10-3-12-34-13-11-29/h4-9,14,21-22,30-31H,3,10-13,15-18H2,1-2H3/t21-,22-/m0/s1. The van der Waals surface area contributed by atoms with Gasteiger partial charge in [-0.25, -0.2) is 0 Å². The number of alkyl halides is 1. The lowest BCUT2D eigenvalue weighted by Crippen LogP contribution is -2.36. The van der Waals surface area contributed by atoms with Crippen molar-refractivity contribution < 1.29 is 19.7 Å². The number of nitrogens with zero attached hydrogens (tertiary/aromatic N) is 1. The fraction of sp³-hybridized carbons (Fsp3) is 0.538. The zero-order valence-electron chi connectivity index (χ0n) is 19.9. The first-order valence-corrected chi connectivity index (χ1v) is 13.7. The van der Waals surface area contributed by atoms with E-state index in [1.54, 1.807) is 0 Å². The van der Waals surface area contributed by atoms with Crippen LogP contribution < -0.4 is 9.47 Å². The maximum atomic E-state index is 10.4. The quantitative estimate of drug-likeness (QED) is 0.408. The molecule has 2 N–H and O–H groups in total. The van der Waals surface area contributed by atoms with Gasteiger partial charge in [0.25, 0.3) is 0 Å². The normalized spacial score (nSPS) is 17.1. The van der Waals surface area contributed by atoms with Crippen LogP contribution in [0.1, 0.15) is 31.4 Å². The number of hydrogen-bond acceptors (Lipinski definition) is 6. The molecule has 2 aromatic carbocycles. The van der Waals surface area contributed by atoms with E-state index in [1.807, 2.05) is 54.2 Å².